The van der Waals surface area contributed by atoms with Crippen LogP contribution in [0.15, 0.2) is 29.3 Å². The molecular formula is C19H30N4O. The lowest BCUT2D eigenvalue weighted by molar-refractivity contribution is 0.128. The summed E-state index contributed by atoms with van der Waals surface area (Å²) in [5, 5.41) is 3.43. The van der Waals surface area contributed by atoms with Crippen molar-refractivity contribution in [2.24, 2.45) is 10.9 Å². The van der Waals surface area contributed by atoms with Crippen LogP contribution in [0.4, 0.5) is 5.69 Å². The van der Waals surface area contributed by atoms with Crippen LogP contribution in [0.5, 0.6) is 0 Å². The van der Waals surface area contributed by atoms with Gasteiger partial charge in [-0.25, -0.2) is 0 Å². The van der Waals surface area contributed by atoms with Crippen molar-refractivity contribution in [3.8, 4) is 0 Å². The lowest BCUT2D eigenvalue weighted by Crippen LogP contribution is -2.53. The predicted octanol–water partition coefficient (Wildman–Crippen LogP) is 2.12. The van der Waals surface area contributed by atoms with Gasteiger partial charge in [0.05, 0.1) is 6.61 Å². The smallest absolute Gasteiger partial charge is 0.193 e. The molecule has 5 heteroatoms. The molecule has 0 amide bonds. The molecule has 1 aromatic carbocycles. The van der Waals surface area contributed by atoms with Gasteiger partial charge in [-0.2, -0.15) is 0 Å². The predicted molar refractivity (Wildman–Crippen MR) is 99.9 cm³/mol. The highest BCUT2D eigenvalue weighted by molar-refractivity contribution is 5.80. The van der Waals surface area contributed by atoms with Crippen LogP contribution in [0.1, 0.15) is 18.4 Å². The Labute approximate surface area is 145 Å². The average Bonchev–Trinajstić information content (AvgIpc) is 3.43. The van der Waals surface area contributed by atoms with Gasteiger partial charge in [0, 0.05) is 52.1 Å². The summed E-state index contributed by atoms with van der Waals surface area (Å²) in [6, 6.07) is 8.75. The molecule has 0 aromatic heterocycles. The number of hydrogen-bond donors (Lipinski definition) is 1. The zero-order chi connectivity index (χ0) is 16.8. The Morgan fingerprint density at radius 3 is 2.71 bits per heavy atom. The molecule has 1 aliphatic carbocycles. The molecule has 1 saturated heterocycles. The number of hydrogen-bond acceptors (Lipinski definition) is 3. The van der Waals surface area contributed by atoms with E-state index in [2.05, 4.69) is 51.3 Å². The van der Waals surface area contributed by atoms with Crippen LogP contribution in [0.3, 0.4) is 0 Å². The van der Waals surface area contributed by atoms with Crippen LogP contribution in [-0.4, -0.2) is 63.8 Å². The third-order valence-corrected chi connectivity index (χ3v) is 4.74. The molecule has 2 aliphatic rings. The summed E-state index contributed by atoms with van der Waals surface area (Å²) >= 11 is 0. The number of aliphatic imine (C=N–C) groups is 1. The number of ether oxygens (including phenoxy) is 1. The maximum atomic E-state index is 5.68. The third-order valence-electron chi connectivity index (χ3n) is 4.74. The molecule has 0 bridgehead atoms. The number of anilines is 1. The highest BCUT2D eigenvalue weighted by atomic mass is 16.5. The number of benzene rings is 1. The molecule has 0 atom stereocenters. The van der Waals surface area contributed by atoms with Gasteiger partial charge in [-0.1, -0.05) is 12.1 Å². The first-order valence-electron chi connectivity index (χ1n) is 9.11. The molecule has 1 aliphatic heterocycles. The van der Waals surface area contributed by atoms with Crippen molar-refractivity contribution in [1.82, 2.24) is 10.2 Å². The summed E-state index contributed by atoms with van der Waals surface area (Å²) in [5.74, 6) is 1.83. The van der Waals surface area contributed by atoms with Crippen molar-refractivity contribution in [2.45, 2.75) is 19.8 Å². The van der Waals surface area contributed by atoms with Gasteiger partial charge < -0.3 is 19.9 Å². The van der Waals surface area contributed by atoms with E-state index in [4.69, 9.17) is 4.74 Å². The second-order valence-electron chi connectivity index (χ2n) is 6.81. The Balaban J connectivity index is 1.40. The standard InChI is InChI=1S/C19H30N4O/c1-16-4-3-5-18(14-16)22-9-11-23(12-10-22)19(20-2)21-8-13-24-15-17-6-7-17/h3-5,14,17H,6-13,15H2,1-2H3,(H,20,21). The molecule has 132 valence electrons. The van der Waals surface area contributed by atoms with E-state index in [0.717, 1.165) is 57.8 Å². The van der Waals surface area contributed by atoms with Gasteiger partial charge >= 0.3 is 0 Å². The number of aryl methyl sites for hydroxylation is 1. The maximum absolute atomic E-state index is 5.68. The van der Waals surface area contributed by atoms with E-state index in [1.165, 1.54) is 24.1 Å². The van der Waals surface area contributed by atoms with Gasteiger partial charge in [0.25, 0.3) is 0 Å². The summed E-state index contributed by atoms with van der Waals surface area (Å²) in [4.78, 5) is 9.22. The summed E-state index contributed by atoms with van der Waals surface area (Å²) in [7, 11) is 1.86. The number of nitrogens with zero attached hydrogens (tertiary/aromatic N) is 3. The van der Waals surface area contributed by atoms with E-state index < -0.39 is 0 Å². The van der Waals surface area contributed by atoms with Gasteiger partial charge in [-0.3, -0.25) is 4.99 Å². The summed E-state index contributed by atoms with van der Waals surface area (Å²) in [6.45, 7) is 8.72. The Bertz CT molecular complexity index is 548. The van der Waals surface area contributed by atoms with Crippen molar-refractivity contribution in [3.05, 3.63) is 29.8 Å². The molecule has 24 heavy (non-hydrogen) atoms. The SMILES string of the molecule is CN=C(NCCOCC1CC1)N1CCN(c2cccc(C)c2)CC1. The first kappa shape index (κ1) is 17.1. The minimum Gasteiger partial charge on any atom is -0.379 e. The van der Waals surface area contributed by atoms with Gasteiger partial charge in [0.15, 0.2) is 5.96 Å². The Morgan fingerprint density at radius 1 is 1.25 bits per heavy atom. The first-order chi connectivity index (χ1) is 11.8. The fourth-order valence-electron chi connectivity index (χ4n) is 3.10. The fourth-order valence-corrected chi connectivity index (χ4v) is 3.10. The van der Waals surface area contributed by atoms with Crippen molar-refractivity contribution in [1.29, 1.82) is 0 Å². The van der Waals surface area contributed by atoms with E-state index in [0.29, 0.717) is 0 Å². The zero-order valence-electron chi connectivity index (χ0n) is 15.0. The topological polar surface area (TPSA) is 40.1 Å². The Kier molecular flexibility index (Phi) is 5.96. The fraction of sp³-hybridized carbons (Fsp3) is 0.632. The Morgan fingerprint density at radius 2 is 2.04 bits per heavy atom. The van der Waals surface area contributed by atoms with Crippen molar-refractivity contribution in [3.63, 3.8) is 0 Å². The van der Waals surface area contributed by atoms with E-state index in [9.17, 15) is 0 Å². The molecule has 0 spiro atoms. The van der Waals surface area contributed by atoms with Gasteiger partial charge in [-0.05, 0) is 43.4 Å². The number of guanidine groups is 1. The van der Waals surface area contributed by atoms with Gasteiger partial charge in [-0.15, -0.1) is 0 Å². The van der Waals surface area contributed by atoms with E-state index in [1.54, 1.807) is 0 Å². The lowest BCUT2D eigenvalue weighted by Gasteiger charge is -2.37. The highest BCUT2D eigenvalue weighted by Gasteiger charge is 2.21. The minimum absolute atomic E-state index is 0.763. The second kappa shape index (κ2) is 8.38. The molecule has 1 saturated carbocycles. The molecule has 1 N–H and O–H groups in total. The van der Waals surface area contributed by atoms with Crippen LogP contribution < -0.4 is 10.2 Å². The molecule has 1 aromatic rings. The minimum atomic E-state index is 0.763. The molecule has 5 nitrogen and oxygen atoms in total. The molecule has 1 heterocycles. The number of nitrogens with one attached hydrogen (secondary N) is 1. The quantitative estimate of drug-likeness (QED) is 0.493. The summed E-state index contributed by atoms with van der Waals surface area (Å²) in [6.07, 6.45) is 2.70. The van der Waals surface area contributed by atoms with Gasteiger partial charge in [0.2, 0.25) is 0 Å². The highest BCUT2D eigenvalue weighted by Crippen LogP contribution is 2.28. The third kappa shape index (κ3) is 4.87. The average molecular weight is 330 g/mol. The monoisotopic (exact) mass is 330 g/mol. The normalized spacial score (nSPS) is 18.8. The molecule has 2 fully saturated rings. The Hall–Kier alpha value is -1.75. The summed E-state index contributed by atoms with van der Waals surface area (Å²) < 4.78 is 5.68. The molecule has 0 unspecified atom stereocenters. The van der Waals surface area contributed by atoms with E-state index >= 15 is 0 Å². The van der Waals surface area contributed by atoms with Gasteiger partial charge in [0.1, 0.15) is 0 Å². The summed E-state index contributed by atoms with van der Waals surface area (Å²) in [5.41, 5.74) is 2.64. The van der Waals surface area contributed by atoms with Crippen LogP contribution in [0, 0.1) is 12.8 Å². The lowest BCUT2D eigenvalue weighted by atomic mass is 10.2. The van der Waals surface area contributed by atoms with Crippen molar-refractivity contribution >= 4 is 11.6 Å². The van der Waals surface area contributed by atoms with E-state index in [-0.39, 0.29) is 0 Å². The van der Waals surface area contributed by atoms with Crippen LogP contribution >= 0.6 is 0 Å². The zero-order valence-corrected chi connectivity index (χ0v) is 15.0. The van der Waals surface area contributed by atoms with E-state index in [1.807, 2.05) is 7.05 Å². The van der Waals surface area contributed by atoms with Crippen LogP contribution in [0.2, 0.25) is 0 Å². The molecular weight excluding hydrogens is 300 g/mol. The van der Waals surface area contributed by atoms with Crippen molar-refractivity contribution in [2.75, 3.05) is 57.9 Å². The molecule has 3 rings (SSSR count). The first-order valence-corrected chi connectivity index (χ1v) is 9.11. The number of piperazine rings is 1. The largest absolute Gasteiger partial charge is 0.379 e. The van der Waals surface area contributed by atoms with Crippen LogP contribution in [-0.2, 0) is 4.74 Å². The van der Waals surface area contributed by atoms with Crippen LogP contribution in [0.25, 0.3) is 0 Å². The van der Waals surface area contributed by atoms with Crippen molar-refractivity contribution < 1.29 is 4.74 Å². The maximum Gasteiger partial charge on any atom is 0.193 e. The molecule has 0 radical (unpaired) electrons. The number of rotatable bonds is 6. The second-order valence-corrected chi connectivity index (χ2v) is 6.81.